The third-order valence-electron chi connectivity index (χ3n) is 2.86. The minimum atomic E-state index is -4.15. The fraction of sp³-hybridized carbons (Fsp3) is 0.571. The highest BCUT2D eigenvalue weighted by Gasteiger charge is 2.30. The maximum absolute atomic E-state index is 12.4. The molecule has 0 aliphatic carbocycles. The monoisotopic (exact) mass is 337 g/mol. The van der Waals surface area contributed by atoms with Crippen LogP contribution < -0.4 is 0 Å². The van der Waals surface area contributed by atoms with Crippen LogP contribution in [-0.2, 0) is 6.54 Å². The molecule has 0 saturated carbocycles. The molecule has 0 amide bonds. The average Bonchev–Trinajstić information content (AvgIpc) is 2.27. The summed E-state index contributed by atoms with van der Waals surface area (Å²) in [7, 11) is 0. The number of halogens is 4. The van der Waals surface area contributed by atoms with Crippen LogP contribution >= 0.6 is 15.9 Å². The standard InChI is InChI=1S/C14H19BrF3N/c1-11(2)13-5-3-12(4-6-13)9-19(8-7-15)10-14(16,17)18/h3-6,11H,7-10H2,1-2H3. The molecule has 0 aliphatic rings. The third kappa shape index (κ3) is 6.43. The first-order chi connectivity index (χ1) is 8.81. The molecule has 1 aromatic rings. The number of rotatable bonds is 6. The molecule has 0 atom stereocenters. The molecular formula is C14H19BrF3N. The van der Waals surface area contributed by atoms with Crippen LogP contribution in [0.5, 0.6) is 0 Å². The van der Waals surface area contributed by atoms with Crippen LogP contribution in [0.3, 0.4) is 0 Å². The van der Waals surface area contributed by atoms with Crippen LogP contribution in [0.25, 0.3) is 0 Å². The van der Waals surface area contributed by atoms with E-state index in [-0.39, 0.29) is 0 Å². The van der Waals surface area contributed by atoms with Crippen molar-refractivity contribution in [2.75, 3.05) is 18.4 Å². The van der Waals surface area contributed by atoms with E-state index >= 15 is 0 Å². The lowest BCUT2D eigenvalue weighted by atomic mass is 10.0. The molecule has 0 spiro atoms. The van der Waals surface area contributed by atoms with Gasteiger partial charge in [0.1, 0.15) is 0 Å². The summed E-state index contributed by atoms with van der Waals surface area (Å²) in [6, 6.07) is 7.79. The maximum atomic E-state index is 12.4. The Morgan fingerprint density at radius 1 is 1.16 bits per heavy atom. The molecule has 0 aliphatic heterocycles. The largest absolute Gasteiger partial charge is 0.401 e. The fourth-order valence-corrected chi connectivity index (χ4v) is 2.35. The van der Waals surface area contributed by atoms with E-state index in [1.807, 2.05) is 24.3 Å². The third-order valence-corrected chi connectivity index (χ3v) is 3.21. The number of benzene rings is 1. The summed E-state index contributed by atoms with van der Waals surface area (Å²) in [6.07, 6.45) is -4.15. The quantitative estimate of drug-likeness (QED) is 0.687. The van der Waals surface area contributed by atoms with Gasteiger partial charge in [-0.2, -0.15) is 13.2 Å². The highest BCUT2D eigenvalue weighted by molar-refractivity contribution is 9.09. The van der Waals surface area contributed by atoms with Crippen molar-refractivity contribution in [3.8, 4) is 0 Å². The van der Waals surface area contributed by atoms with Gasteiger partial charge in [-0.3, -0.25) is 4.90 Å². The second kappa shape index (κ2) is 7.29. The van der Waals surface area contributed by atoms with Crippen LogP contribution in [0.15, 0.2) is 24.3 Å². The topological polar surface area (TPSA) is 3.24 Å². The Balaban J connectivity index is 2.68. The predicted molar refractivity (Wildman–Crippen MR) is 75.7 cm³/mol. The lowest BCUT2D eigenvalue weighted by Crippen LogP contribution is -2.35. The summed E-state index contributed by atoms with van der Waals surface area (Å²) in [4.78, 5) is 1.40. The fourth-order valence-electron chi connectivity index (χ4n) is 1.85. The molecule has 0 saturated heterocycles. The summed E-state index contributed by atoms with van der Waals surface area (Å²) in [6.45, 7) is 4.02. The molecule has 0 fully saturated rings. The van der Waals surface area contributed by atoms with Gasteiger partial charge in [0.25, 0.3) is 0 Å². The lowest BCUT2D eigenvalue weighted by molar-refractivity contribution is -0.146. The summed E-state index contributed by atoms with van der Waals surface area (Å²) in [5.74, 6) is 0.433. The van der Waals surface area contributed by atoms with E-state index < -0.39 is 12.7 Å². The van der Waals surface area contributed by atoms with E-state index in [9.17, 15) is 13.2 Å². The highest BCUT2D eigenvalue weighted by Crippen LogP contribution is 2.19. The molecule has 108 valence electrons. The van der Waals surface area contributed by atoms with Gasteiger partial charge in [0, 0.05) is 18.4 Å². The van der Waals surface area contributed by atoms with Gasteiger partial charge in [-0.1, -0.05) is 54.0 Å². The summed E-state index contributed by atoms with van der Waals surface area (Å²) < 4.78 is 37.3. The van der Waals surface area contributed by atoms with Crippen molar-refractivity contribution in [1.82, 2.24) is 4.90 Å². The maximum Gasteiger partial charge on any atom is 0.401 e. The highest BCUT2D eigenvalue weighted by atomic mass is 79.9. The van der Waals surface area contributed by atoms with Gasteiger partial charge >= 0.3 is 6.18 Å². The van der Waals surface area contributed by atoms with Crippen LogP contribution in [0.1, 0.15) is 30.9 Å². The van der Waals surface area contributed by atoms with Crippen molar-refractivity contribution < 1.29 is 13.2 Å². The molecule has 0 bridgehead atoms. The minimum absolute atomic E-state index is 0.323. The van der Waals surface area contributed by atoms with Gasteiger partial charge < -0.3 is 0 Å². The molecule has 0 unspecified atom stereocenters. The first-order valence-corrected chi connectivity index (χ1v) is 7.38. The van der Waals surface area contributed by atoms with Crippen molar-refractivity contribution in [3.05, 3.63) is 35.4 Å². The number of alkyl halides is 4. The second-order valence-electron chi connectivity index (χ2n) is 4.91. The van der Waals surface area contributed by atoms with Gasteiger partial charge in [0.05, 0.1) is 6.54 Å². The molecule has 19 heavy (non-hydrogen) atoms. The molecule has 5 heteroatoms. The van der Waals surface area contributed by atoms with E-state index in [1.54, 1.807) is 0 Å². The van der Waals surface area contributed by atoms with E-state index in [4.69, 9.17) is 0 Å². The molecule has 0 N–H and O–H groups in total. The Kier molecular flexibility index (Phi) is 6.33. The predicted octanol–water partition coefficient (Wildman–Crippen LogP) is 4.57. The van der Waals surface area contributed by atoms with Gasteiger partial charge in [0.15, 0.2) is 0 Å². The first-order valence-electron chi connectivity index (χ1n) is 6.25. The number of hydrogen-bond donors (Lipinski definition) is 0. The van der Waals surface area contributed by atoms with Crippen molar-refractivity contribution in [2.24, 2.45) is 0 Å². The summed E-state index contributed by atoms with van der Waals surface area (Å²) >= 11 is 3.19. The normalized spacial score (nSPS) is 12.4. The molecule has 1 rings (SSSR count). The Labute approximate surface area is 120 Å². The Bertz CT molecular complexity index is 373. The zero-order valence-electron chi connectivity index (χ0n) is 11.2. The Morgan fingerprint density at radius 3 is 2.16 bits per heavy atom. The Hall–Kier alpha value is -0.550. The molecule has 0 heterocycles. The van der Waals surface area contributed by atoms with Gasteiger partial charge in [-0.15, -0.1) is 0 Å². The molecule has 1 aromatic carbocycles. The van der Waals surface area contributed by atoms with Crippen LogP contribution in [-0.4, -0.2) is 29.5 Å². The Morgan fingerprint density at radius 2 is 1.74 bits per heavy atom. The SMILES string of the molecule is CC(C)c1ccc(CN(CCBr)CC(F)(F)F)cc1. The number of nitrogens with zero attached hydrogens (tertiary/aromatic N) is 1. The smallest absolute Gasteiger partial charge is 0.290 e. The van der Waals surface area contributed by atoms with Crippen LogP contribution in [0, 0.1) is 0 Å². The lowest BCUT2D eigenvalue weighted by Gasteiger charge is -2.23. The zero-order chi connectivity index (χ0) is 14.5. The van der Waals surface area contributed by atoms with Crippen molar-refractivity contribution in [3.63, 3.8) is 0 Å². The van der Waals surface area contributed by atoms with Crippen LogP contribution in [0.4, 0.5) is 13.2 Å². The molecule has 0 aromatic heterocycles. The van der Waals surface area contributed by atoms with Crippen molar-refractivity contribution in [1.29, 1.82) is 0 Å². The molecular weight excluding hydrogens is 319 g/mol. The summed E-state index contributed by atoms with van der Waals surface area (Å²) in [5, 5.41) is 0.535. The van der Waals surface area contributed by atoms with Crippen molar-refractivity contribution >= 4 is 15.9 Å². The van der Waals surface area contributed by atoms with Crippen molar-refractivity contribution in [2.45, 2.75) is 32.5 Å². The van der Waals surface area contributed by atoms with Crippen LogP contribution in [0.2, 0.25) is 0 Å². The van der Waals surface area contributed by atoms with Gasteiger partial charge in [0.2, 0.25) is 0 Å². The van der Waals surface area contributed by atoms with E-state index in [1.165, 1.54) is 10.5 Å². The molecule has 1 nitrogen and oxygen atoms in total. The number of hydrogen-bond acceptors (Lipinski definition) is 1. The minimum Gasteiger partial charge on any atom is -0.290 e. The van der Waals surface area contributed by atoms with Gasteiger partial charge in [-0.25, -0.2) is 0 Å². The van der Waals surface area contributed by atoms with E-state index in [0.29, 0.717) is 24.3 Å². The zero-order valence-corrected chi connectivity index (χ0v) is 12.8. The second-order valence-corrected chi connectivity index (χ2v) is 5.70. The molecule has 0 radical (unpaired) electrons. The average molecular weight is 338 g/mol. The van der Waals surface area contributed by atoms with E-state index in [0.717, 1.165) is 5.56 Å². The summed E-state index contributed by atoms with van der Waals surface area (Å²) in [5.41, 5.74) is 2.11. The van der Waals surface area contributed by atoms with Gasteiger partial charge in [-0.05, 0) is 17.0 Å². The van der Waals surface area contributed by atoms with E-state index in [2.05, 4.69) is 29.8 Å². The first kappa shape index (κ1) is 16.5.